The third-order valence-electron chi connectivity index (χ3n) is 2.81. The molecule has 0 aliphatic carbocycles. The van der Waals surface area contributed by atoms with Crippen LogP contribution in [0.3, 0.4) is 0 Å². The number of halogens is 2. The van der Waals surface area contributed by atoms with Gasteiger partial charge in [-0.25, -0.2) is 0 Å². The predicted molar refractivity (Wildman–Crippen MR) is 80.1 cm³/mol. The number of rotatable bonds is 3. The number of carbonyl (C=O) groups is 1. The van der Waals surface area contributed by atoms with Crippen LogP contribution >= 0.6 is 23.2 Å². The Morgan fingerprint density at radius 3 is 2.48 bits per heavy atom. The first-order chi connectivity index (χ1) is 9.91. The molecule has 2 rings (SSSR count). The summed E-state index contributed by atoms with van der Waals surface area (Å²) in [4.78, 5) is 27.8. The van der Waals surface area contributed by atoms with Crippen molar-refractivity contribution >= 4 is 40.5 Å². The summed E-state index contributed by atoms with van der Waals surface area (Å²) in [6.07, 6.45) is 3.08. The quantitative estimate of drug-likeness (QED) is 0.638. The van der Waals surface area contributed by atoms with Gasteiger partial charge >= 0.3 is 0 Å². The van der Waals surface area contributed by atoms with E-state index < -0.39 is 16.5 Å². The molecule has 8 heteroatoms. The van der Waals surface area contributed by atoms with Gasteiger partial charge in [-0.1, -0.05) is 23.2 Å². The first-order valence-corrected chi connectivity index (χ1v) is 6.49. The van der Waals surface area contributed by atoms with Crippen molar-refractivity contribution in [3.63, 3.8) is 0 Å². The monoisotopic (exact) mass is 325 g/mol. The minimum atomic E-state index is -0.683. The molecule has 1 aromatic carbocycles. The molecule has 2 aromatic rings. The first-order valence-electron chi connectivity index (χ1n) is 5.73. The fourth-order valence-electron chi connectivity index (χ4n) is 1.71. The number of nitro benzene ring substituents is 1. The van der Waals surface area contributed by atoms with Crippen molar-refractivity contribution in [3.8, 4) is 0 Å². The molecule has 0 aliphatic heterocycles. The molecule has 1 amide bonds. The molecule has 0 unspecified atom stereocenters. The molecule has 0 aliphatic rings. The average molecular weight is 326 g/mol. The van der Waals surface area contributed by atoms with Gasteiger partial charge in [0.2, 0.25) is 0 Å². The molecule has 0 atom stereocenters. The molecule has 0 fully saturated rings. The van der Waals surface area contributed by atoms with E-state index in [0.717, 1.165) is 6.07 Å². The van der Waals surface area contributed by atoms with E-state index >= 15 is 0 Å². The van der Waals surface area contributed by atoms with E-state index in [4.69, 9.17) is 23.2 Å². The van der Waals surface area contributed by atoms with Gasteiger partial charge in [0.25, 0.3) is 11.6 Å². The number of hydrogen-bond acceptors (Lipinski definition) is 4. The highest BCUT2D eigenvalue weighted by atomic mass is 35.5. The molecular weight excluding hydrogens is 317 g/mol. The molecule has 0 bridgehead atoms. The molecule has 6 nitrogen and oxygen atoms in total. The van der Waals surface area contributed by atoms with E-state index in [-0.39, 0.29) is 15.6 Å². The number of nitrogens with zero attached hydrogens (tertiary/aromatic N) is 3. The maximum Gasteiger partial charge on any atom is 0.290 e. The summed E-state index contributed by atoms with van der Waals surface area (Å²) in [5.41, 5.74) is 0.273. The number of carbonyl (C=O) groups excluding carboxylic acids is 1. The molecular formula is C13H9Cl2N3O3. The largest absolute Gasteiger partial charge is 0.311 e. The van der Waals surface area contributed by atoms with Crippen LogP contribution in [0.2, 0.25) is 10.0 Å². The summed E-state index contributed by atoms with van der Waals surface area (Å²) in [6.45, 7) is 0. The Morgan fingerprint density at radius 1 is 1.29 bits per heavy atom. The minimum Gasteiger partial charge on any atom is -0.311 e. The number of hydrogen-bond donors (Lipinski definition) is 0. The molecule has 108 valence electrons. The zero-order valence-corrected chi connectivity index (χ0v) is 12.3. The Balaban J connectivity index is 2.42. The van der Waals surface area contributed by atoms with Crippen molar-refractivity contribution in [2.75, 3.05) is 11.9 Å². The zero-order chi connectivity index (χ0) is 15.6. The standard InChI is InChI=1S/C13H9Cl2N3O3/c1-17(9-2-4-16-5-3-9)13(19)8-6-10(14)12(15)11(7-8)18(20)21/h2-7H,1H3. The Labute approximate surface area is 130 Å². The number of amides is 1. The normalized spacial score (nSPS) is 10.2. The highest BCUT2D eigenvalue weighted by Gasteiger charge is 2.22. The second-order valence-electron chi connectivity index (χ2n) is 4.12. The van der Waals surface area contributed by atoms with E-state index in [1.165, 1.54) is 23.4 Å². The topological polar surface area (TPSA) is 76.3 Å². The third kappa shape index (κ3) is 3.12. The smallest absolute Gasteiger partial charge is 0.290 e. The highest BCUT2D eigenvalue weighted by molar-refractivity contribution is 6.43. The number of pyridine rings is 1. The SMILES string of the molecule is CN(C(=O)c1cc(Cl)c(Cl)c([N+](=O)[O-])c1)c1ccncc1. The lowest BCUT2D eigenvalue weighted by Crippen LogP contribution is -2.26. The molecule has 1 heterocycles. The van der Waals surface area contributed by atoms with Gasteiger partial charge in [0, 0.05) is 36.8 Å². The molecule has 0 saturated heterocycles. The summed E-state index contributed by atoms with van der Waals surface area (Å²) in [5, 5.41) is 10.7. The third-order valence-corrected chi connectivity index (χ3v) is 3.60. The second kappa shape index (κ2) is 6.07. The fraction of sp³-hybridized carbons (Fsp3) is 0.0769. The molecule has 0 radical (unpaired) electrons. The Kier molecular flexibility index (Phi) is 4.40. The van der Waals surface area contributed by atoms with Crippen LogP contribution < -0.4 is 4.90 Å². The summed E-state index contributed by atoms with van der Waals surface area (Å²) in [7, 11) is 1.55. The van der Waals surface area contributed by atoms with Gasteiger partial charge < -0.3 is 4.90 Å². The van der Waals surface area contributed by atoms with Crippen molar-refractivity contribution in [2.24, 2.45) is 0 Å². The lowest BCUT2D eigenvalue weighted by Gasteiger charge is -2.17. The summed E-state index contributed by atoms with van der Waals surface area (Å²) < 4.78 is 0. The van der Waals surface area contributed by atoms with Gasteiger partial charge in [-0.2, -0.15) is 0 Å². The number of benzene rings is 1. The lowest BCUT2D eigenvalue weighted by molar-refractivity contribution is -0.384. The van der Waals surface area contributed by atoms with Gasteiger partial charge in [-0.15, -0.1) is 0 Å². The van der Waals surface area contributed by atoms with Gasteiger partial charge in [0.1, 0.15) is 5.02 Å². The van der Waals surface area contributed by atoms with Crippen molar-refractivity contribution in [1.82, 2.24) is 4.98 Å². The Morgan fingerprint density at radius 2 is 1.90 bits per heavy atom. The van der Waals surface area contributed by atoms with Crippen molar-refractivity contribution in [2.45, 2.75) is 0 Å². The minimum absolute atomic E-state index is 0.0441. The zero-order valence-electron chi connectivity index (χ0n) is 10.8. The van der Waals surface area contributed by atoms with E-state index in [1.807, 2.05) is 0 Å². The fourth-order valence-corrected chi connectivity index (χ4v) is 2.10. The van der Waals surface area contributed by atoms with Crippen LogP contribution in [-0.2, 0) is 0 Å². The van der Waals surface area contributed by atoms with E-state index in [9.17, 15) is 14.9 Å². The van der Waals surface area contributed by atoms with Gasteiger partial charge in [-0.3, -0.25) is 19.9 Å². The van der Waals surface area contributed by atoms with Crippen molar-refractivity contribution < 1.29 is 9.72 Å². The van der Waals surface area contributed by atoms with Gasteiger partial charge in [0.15, 0.2) is 0 Å². The number of anilines is 1. The number of aromatic nitrogens is 1. The van der Waals surface area contributed by atoms with Crippen LogP contribution in [-0.4, -0.2) is 22.9 Å². The highest BCUT2D eigenvalue weighted by Crippen LogP contribution is 2.33. The average Bonchev–Trinajstić information content (AvgIpc) is 2.49. The van der Waals surface area contributed by atoms with E-state index in [2.05, 4.69) is 4.98 Å². The Bertz CT molecular complexity index is 707. The van der Waals surface area contributed by atoms with E-state index in [1.54, 1.807) is 19.2 Å². The molecule has 0 saturated carbocycles. The maximum absolute atomic E-state index is 12.4. The summed E-state index contributed by atoms with van der Waals surface area (Å²) in [5.74, 6) is -0.442. The molecule has 0 N–H and O–H groups in total. The lowest BCUT2D eigenvalue weighted by atomic mass is 10.1. The van der Waals surface area contributed by atoms with Crippen LogP contribution in [0, 0.1) is 10.1 Å². The maximum atomic E-state index is 12.4. The first kappa shape index (κ1) is 15.2. The van der Waals surface area contributed by atoms with Crippen molar-refractivity contribution in [3.05, 3.63) is 62.4 Å². The van der Waals surface area contributed by atoms with Crippen LogP contribution in [0.15, 0.2) is 36.7 Å². The van der Waals surface area contributed by atoms with Gasteiger partial charge in [0.05, 0.1) is 9.95 Å². The van der Waals surface area contributed by atoms with Gasteiger partial charge in [-0.05, 0) is 18.2 Å². The Hall–Kier alpha value is -2.18. The number of nitro groups is 1. The molecule has 21 heavy (non-hydrogen) atoms. The van der Waals surface area contributed by atoms with E-state index in [0.29, 0.717) is 5.69 Å². The van der Waals surface area contributed by atoms with Crippen molar-refractivity contribution in [1.29, 1.82) is 0 Å². The van der Waals surface area contributed by atoms with Crippen LogP contribution in [0.5, 0.6) is 0 Å². The second-order valence-corrected chi connectivity index (χ2v) is 4.90. The molecule has 0 spiro atoms. The summed E-state index contributed by atoms with van der Waals surface area (Å²) in [6, 6.07) is 5.69. The van der Waals surface area contributed by atoms with Crippen LogP contribution in [0.4, 0.5) is 11.4 Å². The predicted octanol–water partition coefficient (Wildman–Crippen LogP) is 3.57. The summed E-state index contributed by atoms with van der Waals surface area (Å²) >= 11 is 11.6. The molecule has 1 aromatic heterocycles. The van der Waals surface area contributed by atoms with Crippen LogP contribution in [0.1, 0.15) is 10.4 Å². The van der Waals surface area contributed by atoms with Crippen LogP contribution in [0.25, 0.3) is 0 Å².